The van der Waals surface area contributed by atoms with Crippen molar-refractivity contribution in [2.75, 3.05) is 18.1 Å². The van der Waals surface area contributed by atoms with Gasteiger partial charge in [-0.15, -0.1) is 5.10 Å². The van der Waals surface area contributed by atoms with Crippen molar-refractivity contribution in [2.24, 2.45) is 0 Å². The first-order valence-corrected chi connectivity index (χ1v) is 24.3. The number of fused-ring (bicyclic) bond motifs is 2. The maximum Gasteiger partial charge on any atom is 0.315 e. The number of benzene rings is 2. The molecule has 6 amide bonds. The summed E-state index contributed by atoms with van der Waals surface area (Å²) in [5.74, 6) is -2.43. The van der Waals surface area contributed by atoms with E-state index in [0.29, 0.717) is 41.1 Å². The minimum atomic E-state index is -0.918. The number of amides is 6. The molecule has 0 saturated carbocycles. The fraction of sp³-hybridized carbons (Fsp3) is 0.565. The third-order valence-electron chi connectivity index (χ3n) is 11.6. The Kier molecular flexibility index (Phi) is 21.7. The lowest BCUT2D eigenvalue weighted by Crippen LogP contribution is -2.43. The van der Waals surface area contributed by atoms with Crippen molar-refractivity contribution in [3.05, 3.63) is 71.6 Å². The number of ketones is 1. The highest BCUT2D eigenvalue weighted by molar-refractivity contribution is 8.00. The lowest BCUT2D eigenvalue weighted by Gasteiger charge is -2.18. The zero-order valence-corrected chi connectivity index (χ0v) is 37.8. The van der Waals surface area contributed by atoms with Gasteiger partial charge in [0.2, 0.25) is 5.91 Å². The summed E-state index contributed by atoms with van der Waals surface area (Å²) in [6.07, 6.45) is 10.2. The van der Waals surface area contributed by atoms with E-state index in [1.54, 1.807) is 30.5 Å². The van der Waals surface area contributed by atoms with Gasteiger partial charge in [0.15, 0.2) is 23.2 Å². The maximum atomic E-state index is 14.0. The molecule has 21 heteroatoms. The molecule has 0 radical (unpaired) electrons. The number of aromatic nitrogens is 3. The Balaban J connectivity index is 0.000000459. The van der Waals surface area contributed by atoms with E-state index in [2.05, 4.69) is 42.2 Å². The van der Waals surface area contributed by atoms with Crippen LogP contribution in [-0.4, -0.2) is 115 Å². The second-order valence-corrected chi connectivity index (χ2v) is 19.0. The molecule has 17 nitrogen and oxygen atoms in total. The Bertz CT molecular complexity index is 2130. The van der Waals surface area contributed by atoms with Crippen LogP contribution < -0.4 is 36.6 Å². The number of carboxylic acids is 1. The predicted octanol–water partition coefficient (Wildman–Crippen LogP) is 6.28. The SMILES string of the molecule is C.C.CCCCC[C@H](NC(=O)c1cccc(-n2cc(CNC(=O)CCCC[C@@H]3SC[C@@H]4NC(=O)N[C@@H]43)nn2)c1)C(=O)COc1c(F)cccc1F.O=C(O)CCCC[C@@H]1SC[C@@H]2NC(=O)N[C@@H]21. The van der Waals surface area contributed by atoms with E-state index in [-0.39, 0.29) is 75.5 Å². The summed E-state index contributed by atoms with van der Waals surface area (Å²) in [4.78, 5) is 71.7. The first-order chi connectivity index (χ1) is 31.4. The number of nitrogens with one attached hydrogen (secondary N) is 6. The van der Waals surface area contributed by atoms with Gasteiger partial charge in [0.25, 0.3) is 5.91 Å². The van der Waals surface area contributed by atoms with Crippen molar-refractivity contribution < 1.29 is 47.4 Å². The topological polar surface area (TPSA) is 235 Å². The summed E-state index contributed by atoms with van der Waals surface area (Å²) in [6.45, 7) is 1.60. The summed E-state index contributed by atoms with van der Waals surface area (Å²) in [5, 5.41) is 35.0. The van der Waals surface area contributed by atoms with Crippen LogP contribution in [0.2, 0.25) is 0 Å². The Morgan fingerprint density at radius 3 is 2.07 bits per heavy atom. The van der Waals surface area contributed by atoms with Crippen LogP contribution in [0.4, 0.5) is 18.4 Å². The molecule has 7 rings (SSSR count). The molecule has 0 unspecified atom stereocenters. The second-order valence-electron chi connectivity index (χ2n) is 16.4. The summed E-state index contributed by atoms with van der Waals surface area (Å²) < 4.78 is 34.6. The third kappa shape index (κ3) is 15.8. The largest absolute Gasteiger partial charge is 0.481 e. The number of nitrogens with zero attached hydrogens (tertiary/aromatic N) is 3. The van der Waals surface area contributed by atoms with Crippen molar-refractivity contribution >= 4 is 59.2 Å². The van der Waals surface area contributed by atoms with Crippen LogP contribution in [0.15, 0.2) is 48.7 Å². The van der Waals surface area contributed by atoms with Crippen molar-refractivity contribution in [2.45, 2.75) is 146 Å². The van der Waals surface area contributed by atoms with Crippen LogP contribution in [0.5, 0.6) is 5.75 Å². The predicted molar refractivity (Wildman–Crippen MR) is 254 cm³/mol. The van der Waals surface area contributed by atoms with Crippen molar-refractivity contribution in [3.8, 4) is 11.4 Å². The number of halogens is 2. The zero-order chi connectivity index (χ0) is 46.3. The summed E-state index contributed by atoms with van der Waals surface area (Å²) in [6, 6.07) is 9.66. The van der Waals surface area contributed by atoms with Gasteiger partial charge in [0.05, 0.1) is 48.6 Å². The highest BCUT2D eigenvalue weighted by atomic mass is 32.2. The molecule has 4 aliphatic heterocycles. The molecule has 0 bridgehead atoms. The number of unbranched alkanes of at least 4 members (excludes halogenated alkanes) is 4. The van der Waals surface area contributed by atoms with Crippen LogP contribution in [0.3, 0.4) is 0 Å². The molecule has 67 heavy (non-hydrogen) atoms. The van der Waals surface area contributed by atoms with E-state index in [4.69, 9.17) is 9.84 Å². The number of urea groups is 2. The molecule has 7 atom stereocenters. The van der Waals surface area contributed by atoms with Gasteiger partial charge in [-0.25, -0.2) is 23.1 Å². The van der Waals surface area contributed by atoms with Gasteiger partial charge < -0.3 is 41.7 Å². The molecule has 3 aromatic rings. The monoisotopic (exact) mass is 973 g/mol. The van der Waals surface area contributed by atoms with E-state index in [0.717, 1.165) is 75.0 Å². The summed E-state index contributed by atoms with van der Waals surface area (Å²) >= 11 is 3.73. The minimum absolute atomic E-state index is 0. The van der Waals surface area contributed by atoms with Gasteiger partial charge in [-0.3, -0.25) is 19.2 Å². The lowest BCUT2D eigenvalue weighted by atomic mass is 10.0. The van der Waals surface area contributed by atoms with Crippen LogP contribution in [0.25, 0.3) is 5.69 Å². The Morgan fingerprint density at radius 1 is 0.851 bits per heavy atom. The number of carbonyl (C=O) groups is 6. The number of para-hydroxylation sites is 1. The first kappa shape index (κ1) is 54.2. The van der Waals surface area contributed by atoms with Gasteiger partial charge in [0, 0.05) is 40.4 Å². The molecular formula is C46H65F2N9O8S2. The molecule has 4 saturated heterocycles. The minimum Gasteiger partial charge on any atom is -0.481 e. The standard InChI is InChI=1S/C34H41F2N7O5S.C10H16N2O3S.2CH4/c1-2-3-4-13-26(28(44)19-48-32-24(35)11-8-12-25(32)36)38-33(46)21-9-7-10-23(16-21)43-18-22(41-42-43)17-37-30(45)15-6-5-14-29-31-27(20-49-29)39-34(47)40-31;13-8(14)4-2-1-3-7-9-6(5-16-7)11-10(15)12-9;;/h7-12,16,18,26-27,29,31H,2-6,13-15,17,19-20H2,1H3,(H,37,45)(H,38,46)(H2,39,40,47);6-7,9H,1-5H2,(H,13,14)(H2,11,12,15);2*1H4/t26-,27-,29-,31-;6-,7-,9-;;/m00../s1. The van der Waals surface area contributed by atoms with Gasteiger partial charge in [-0.05, 0) is 62.4 Å². The van der Waals surface area contributed by atoms with Crippen molar-refractivity contribution in [1.82, 2.24) is 46.9 Å². The third-order valence-corrected chi connectivity index (χ3v) is 14.6. The van der Waals surface area contributed by atoms with Crippen molar-refractivity contribution in [1.29, 1.82) is 0 Å². The summed E-state index contributed by atoms with van der Waals surface area (Å²) in [7, 11) is 0. The zero-order valence-electron chi connectivity index (χ0n) is 36.2. The van der Waals surface area contributed by atoms with E-state index in [9.17, 15) is 37.5 Å². The molecule has 0 aliphatic carbocycles. The lowest BCUT2D eigenvalue weighted by molar-refractivity contribution is -0.137. The van der Waals surface area contributed by atoms with Crippen molar-refractivity contribution in [3.63, 3.8) is 0 Å². The number of carbonyl (C=O) groups excluding carboxylic acids is 5. The summed E-state index contributed by atoms with van der Waals surface area (Å²) in [5.41, 5.74) is 1.36. The van der Waals surface area contributed by atoms with Crippen LogP contribution in [-0.2, 0) is 20.9 Å². The van der Waals surface area contributed by atoms with E-state index >= 15 is 0 Å². The quantitative estimate of drug-likeness (QED) is 0.0411. The molecule has 4 aliphatic rings. The Labute approximate surface area is 399 Å². The molecule has 0 spiro atoms. The average Bonchev–Trinajstić information content (AvgIpc) is 4.13. The normalized spacial score (nSPS) is 21.3. The number of rotatable bonds is 23. The number of ether oxygens (including phenoxy) is 1. The maximum absolute atomic E-state index is 14.0. The average molecular weight is 974 g/mol. The van der Waals surface area contributed by atoms with Crippen LogP contribution in [0.1, 0.15) is 115 Å². The molecule has 4 fully saturated rings. The Hall–Kier alpha value is -5.44. The van der Waals surface area contributed by atoms with E-state index in [1.165, 1.54) is 10.7 Å². The van der Waals surface area contributed by atoms with Gasteiger partial charge in [0.1, 0.15) is 12.3 Å². The number of aliphatic carboxylic acids is 1. The number of hydrogen-bond acceptors (Lipinski definition) is 11. The smallest absolute Gasteiger partial charge is 0.315 e. The molecule has 2 aromatic carbocycles. The van der Waals surface area contributed by atoms with Gasteiger partial charge in [-0.2, -0.15) is 23.5 Å². The molecular weight excluding hydrogens is 909 g/mol. The molecule has 368 valence electrons. The highest BCUT2D eigenvalue weighted by Crippen LogP contribution is 2.34. The van der Waals surface area contributed by atoms with Gasteiger partial charge in [-0.1, -0.05) is 71.2 Å². The number of hydrogen-bond donors (Lipinski definition) is 7. The number of thioether (sulfide) groups is 2. The number of Topliss-reactive ketones (excluding diaryl/α,β-unsaturated/α-hetero) is 1. The van der Waals surface area contributed by atoms with Gasteiger partial charge >= 0.3 is 18.0 Å². The fourth-order valence-electron chi connectivity index (χ4n) is 8.13. The molecule has 7 N–H and O–H groups in total. The second kappa shape index (κ2) is 26.8. The van der Waals surface area contributed by atoms with E-state index in [1.807, 2.05) is 30.4 Å². The fourth-order valence-corrected chi connectivity index (χ4v) is 11.2. The number of carboxylic acid groups (broad SMARTS) is 1. The van der Waals surface area contributed by atoms with Crippen LogP contribution in [0, 0.1) is 11.6 Å². The Morgan fingerprint density at radius 2 is 1.46 bits per heavy atom. The first-order valence-electron chi connectivity index (χ1n) is 22.2. The molecule has 5 heterocycles. The molecule has 1 aromatic heterocycles. The highest BCUT2D eigenvalue weighted by Gasteiger charge is 2.43. The van der Waals surface area contributed by atoms with Crippen LogP contribution >= 0.6 is 23.5 Å². The van der Waals surface area contributed by atoms with E-state index < -0.39 is 47.7 Å².